The van der Waals surface area contributed by atoms with Gasteiger partial charge in [0.05, 0.1) is 13.2 Å². The molecule has 1 N–H and O–H groups in total. The average molecular weight is 371 g/mol. The molecule has 4 rings (SSSR count). The van der Waals surface area contributed by atoms with Gasteiger partial charge in [0.25, 0.3) is 5.91 Å². The molecule has 1 aromatic carbocycles. The zero-order chi connectivity index (χ0) is 18.6. The molecule has 1 saturated carbocycles. The fourth-order valence-electron chi connectivity index (χ4n) is 4.14. The van der Waals surface area contributed by atoms with Gasteiger partial charge in [-0.2, -0.15) is 0 Å². The van der Waals surface area contributed by atoms with E-state index in [0.29, 0.717) is 24.2 Å². The largest absolute Gasteiger partial charge is 0.459 e. The number of allylic oxidation sites excluding steroid dienone is 1. The number of ether oxygens (including phenoxy) is 2. The van der Waals surface area contributed by atoms with E-state index in [-0.39, 0.29) is 18.8 Å². The van der Waals surface area contributed by atoms with Gasteiger partial charge in [0.1, 0.15) is 0 Å². The number of carbonyl (C=O) groups is 1. The third-order valence-corrected chi connectivity index (χ3v) is 6.09. The van der Waals surface area contributed by atoms with Crippen molar-refractivity contribution in [2.24, 2.45) is 11.8 Å². The first-order chi connectivity index (χ1) is 13.2. The van der Waals surface area contributed by atoms with E-state index in [0.717, 1.165) is 43.5 Å². The minimum absolute atomic E-state index is 0.0254. The number of aliphatic hydroxyl groups excluding tert-OH is 1. The maximum atomic E-state index is 12.8. The average Bonchev–Trinajstić information content (AvgIpc) is 3.19. The molecule has 3 aliphatic rings. The number of aliphatic hydroxyl groups is 1. The van der Waals surface area contributed by atoms with E-state index in [1.54, 1.807) is 0 Å². The van der Waals surface area contributed by atoms with Gasteiger partial charge in [-0.15, -0.1) is 0 Å². The van der Waals surface area contributed by atoms with Gasteiger partial charge < -0.3 is 19.5 Å². The Labute approximate surface area is 161 Å². The summed E-state index contributed by atoms with van der Waals surface area (Å²) in [5, 5.41) is 9.15. The molecule has 0 bridgehead atoms. The molecule has 5 heteroatoms. The monoisotopic (exact) mass is 371 g/mol. The van der Waals surface area contributed by atoms with Crippen LogP contribution in [-0.4, -0.2) is 35.3 Å². The predicted molar refractivity (Wildman–Crippen MR) is 101 cm³/mol. The lowest BCUT2D eigenvalue weighted by molar-refractivity contribution is -0.161. The van der Waals surface area contributed by atoms with Gasteiger partial charge in [-0.3, -0.25) is 4.79 Å². The summed E-state index contributed by atoms with van der Waals surface area (Å²) in [6.45, 7) is 2.15. The maximum Gasteiger partial charge on any atom is 0.288 e. The SMILES string of the molecule is O=C(C1=C[C@H](C2CCC2)C[C@H](OCc2ccc(CO)cc2)O1)N1CCCC1. The van der Waals surface area contributed by atoms with Crippen molar-refractivity contribution in [2.45, 2.75) is 58.0 Å². The summed E-state index contributed by atoms with van der Waals surface area (Å²) in [6.07, 6.45) is 8.43. The summed E-state index contributed by atoms with van der Waals surface area (Å²) in [5.41, 5.74) is 1.93. The van der Waals surface area contributed by atoms with Crippen molar-refractivity contribution in [1.82, 2.24) is 4.90 Å². The van der Waals surface area contributed by atoms with E-state index in [4.69, 9.17) is 14.6 Å². The van der Waals surface area contributed by atoms with Crippen molar-refractivity contribution < 1.29 is 19.4 Å². The van der Waals surface area contributed by atoms with Gasteiger partial charge in [-0.05, 0) is 54.7 Å². The van der Waals surface area contributed by atoms with Crippen LogP contribution < -0.4 is 0 Å². The quantitative estimate of drug-likeness (QED) is 0.833. The zero-order valence-electron chi connectivity index (χ0n) is 15.8. The van der Waals surface area contributed by atoms with Crippen LogP contribution in [0.5, 0.6) is 0 Å². The molecule has 2 heterocycles. The Morgan fingerprint density at radius 3 is 2.44 bits per heavy atom. The Balaban J connectivity index is 1.41. The molecule has 0 spiro atoms. The first kappa shape index (κ1) is 18.5. The van der Waals surface area contributed by atoms with Crippen LogP contribution in [0.15, 0.2) is 36.1 Å². The highest BCUT2D eigenvalue weighted by atomic mass is 16.7. The predicted octanol–water partition coefficient (Wildman–Crippen LogP) is 3.36. The number of benzene rings is 1. The molecule has 0 unspecified atom stereocenters. The van der Waals surface area contributed by atoms with E-state index >= 15 is 0 Å². The standard InChI is InChI=1S/C22H29NO4/c24-14-16-6-8-17(9-7-16)15-26-21-13-19(18-4-3-5-18)12-20(27-21)22(25)23-10-1-2-11-23/h6-9,12,18-19,21,24H,1-5,10-11,13-15H2/t19-,21+/m0/s1. The molecule has 1 aromatic rings. The Morgan fingerprint density at radius 1 is 1.11 bits per heavy atom. The third kappa shape index (κ3) is 4.36. The van der Waals surface area contributed by atoms with Crippen molar-refractivity contribution in [3.05, 3.63) is 47.2 Å². The smallest absolute Gasteiger partial charge is 0.288 e. The minimum atomic E-state index is -0.375. The molecule has 146 valence electrons. The zero-order valence-corrected chi connectivity index (χ0v) is 15.8. The molecular weight excluding hydrogens is 342 g/mol. The first-order valence-corrected chi connectivity index (χ1v) is 10.2. The lowest BCUT2D eigenvalue weighted by Gasteiger charge is -2.37. The summed E-state index contributed by atoms with van der Waals surface area (Å²) in [7, 11) is 0. The molecule has 2 atom stereocenters. The van der Waals surface area contributed by atoms with Gasteiger partial charge in [0.15, 0.2) is 5.76 Å². The molecule has 0 radical (unpaired) electrons. The normalized spacial score (nSPS) is 25.7. The number of nitrogens with zero attached hydrogens (tertiary/aromatic N) is 1. The van der Waals surface area contributed by atoms with Crippen LogP contribution in [0.4, 0.5) is 0 Å². The van der Waals surface area contributed by atoms with Gasteiger partial charge in [0, 0.05) is 19.5 Å². The second-order valence-corrected chi connectivity index (χ2v) is 7.95. The van der Waals surface area contributed by atoms with Crippen molar-refractivity contribution in [3.63, 3.8) is 0 Å². The molecule has 1 aliphatic carbocycles. The Bertz CT molecular complexity index is 674. The number of amides is 1. The van der Waals surface area contributed by atoms with Crippen molar-refractivity contribution >= 4 is 5.91 Å². The molecule has 27 heavy (non-hydrogen) atoms. The lowest BCUT2D eigenvalue weighted by atomic mass is 9.73. The topological polar surface area (TPSA) is 59.0 Å². The van der Waals surface area contributed by atoms with Crippen molar-refractivity contribution in [1.29, 1.82) is 0 Å². The highest BCUT2D eigenvalue weighted by Crippen LogP contribution is 2.40. The summed E-state index contributed by atoms with van der Waals surface area (Å²) in [6, 6.07) is 7.73. The van der Waals surface area contributed by atoms with E-state index in [9.17, 15) is 4.79 Å². The molecule has 1 saturated heterocycles. The summed E-state index contributed by atoms with van der Waals surface area (Å²) < 4.78 is 12.0. The second kappa shape index (κ2) is 8.44. The molecule has 5 nitrogen and oxygen atoms in total. The number of hydrogen-bond donors (Lipinski definition) is 1. The Kier molecular flexibility index (Phi) is 5.79. The van der Waals surface area contributed by atoms with Crippen LogP contribution in [-0.2, 0) is 27.5 Å². The minimum Gasteiger partial charge on any atom is -0.459 e. The fourth-order valence-corrected chi connectivity index (χ4v) is 4.14. The van der Waals surface area contributed by atoms with Gasteiger partial charge in [-0.25, -0.2) is 0 Å². The van der Waals surface area contributed by atoms with Crippen LogP contribution in [0.25, 0.3) is 0 Å². The summed E-state index contributed by atoms with van der Waals surface area (Å²) in [4.78, 5) is 14.7. The highest BCUT2D eigenvalue weighted by Gasteiger charge is 2.36. The molecular formula is C22H29NO4. The van der Waals surface area contributed by atoms with E-state index in [1.807, 2.05) is 29.2 Å². The van der Waals surface area contributed by atoms with E-state index in [2.05, 4.69) is 6.08 Å². The summed E-state index contributed by atoms with van der Waals surface area (Å²) >= 11 is 0. The van der Waals surface area contributed by atoms with Crippen LogP contribution in [0.2, 0.25) is 0 Å². The number of carbonyl (C=O) groups excluding carboxylic acids is 1. The second-order valence-electron chi connectivity index (χ2n) is 7.95. The van der Waals surface area contributed by atoms with Gasteiger partial charge in [-0.1, -0.05) is 30.7 Å². The van der Waals surface area contributed by atoms with Crippen LogP contribution in [0, 0.1) is 11.8 Å². The third-order valence-electron chi connectivity index (χ3n) is 6.09. The molecule has 2 aliphatic heterocycles. The number of rotatable bonds is 6. The first-order valence-electron chi connectivity index (χ1n) is 10.2. The van der Waals surface area contributed by atoms with Gasteiger partial charge >= 0.3 is 0 Å². The fraction of sp³-hybridized carbons (Fsp3) is 0.591. The van der Waals surface area contributed by atoms with Crippen LogP contribution in [0.3, 0.4) is 0 Å². The molecule has 0 aromatic heterocycles. The molecule has 1 amide bonds. The van der Waals surface area contributed by atoms with Crippen molar-refractivity contribution in [3.8, 4) is 0 Å². The maximum absolute atomic E-state index is 12.8. The lowest BCUT2D eigenvalue weighted by Crippen LogP contribution is -2.37. The number of hydrogen-bond acceptors (Lipinski definition) is 4. The van der Waals surface area contributed by atoms with Crippen LogP contribution >= 0.6 is 0 Å². The number of likely N-dealkylation sites (tertiary alicyclic amines) is 1. The van der Waals surface area contributed by atoms with Gasteiger partial charge in [0.2, 0.25) is 6.29 Å². The van der Waals surface area contributed by atoms with E-state index in [1.165, 1.54) is 19.3 Å². The highest BCUT2D eigenvalue weighted by molar-refractivity contribution is 5.91. The Hall–Kier alpha value is -1.85. The molecule has 2 fully saturated rings. The Morgan fingerprint density at radius 2 is 1.81 bits per heavy atom. The van der Waals surface area contributed by atoms with E-state index < -0.39 is 0 Å². The summed E-state index contributed by atoms with van der Waals surface area (Å²) in [5.74, 6) is 1.54. The van der Waals surface area contributed by atoms with Crippen molar-refractivity contribution in [2.75, 3.05) is 13.1 Å². The van der Waals surface area contributed by atoms with Crippen LogP contribution in [0.1, 0.15) is 49.7 Å².